The van der Waals surface area contributed by atoms with Gasteiger partial charge in [0, 0.05) is 31.4 Å². The van der Waals surface area contributed by atoms with E-state index in [-0.39, 0.29) is 11.9 Å². The lowest BCUT2D eigenvalue weighted by molar-refractivity contribution is -0.134. The van der Waals surface area contributed by atoms with Crippen molar-refractivity contribution in [2.75, 3.05) is 32.1 Å². The Morgan fingerprint density at radius 2 is 2.07 bits per heavy atom. The van der Waals surface area contributed by atoms with Gasteiger partial charge >= 0.3 is 0 Å². The third kappa shape index (κ3) is 4.07. The number of likely N-dealkylation sites (tertiary alicyclic amines) is 1. The maximum atomic E-state index is 13.2. The molecule has 2 aliphatic heterocycles. The van der Waals surface area contributed by atoms with E-state index in [9.17, 15) is 4.79 Å². The zero-order valence-corrected chi connectivity index (χ0v) is 17.6. The summed E-state index contributed by atoms with van der Waals surface area (Å²) in [4.78, 5) is 27.2. The van der Waals surface area contributed by atoms with Gasteiger partial charge in [-0.15, -0.1) is 0 Å². The van der Waals surface area contributed by atoms with Gasteiger partial charge in [0.25, 0.3) is 0 Å². The molecule has 2 aliphatic rings. The van der Waals surface area contributed by atoms with Crippen LogP contribution in [0.15, 0.2) is 24.3 Å². The molecule has 1 aromatic heterocycles. The number of ether oxygens (including phenoxy) is 1. The number of methoxy groups -OCH3 is 1. The molecule has 0 unspecified atom stereocenters. The molecule has 1 saturated heterocycles. The highest BCUT2D eigenvalue weighted by Crippen LogP contribution is 2.33. The second kappa shape index (κ2) is 8.39. The van der Waals surface area contributed by atoms with Crippen LogP contribution >= 0.6 is 0 Å². The molecule has 1 amide bonds. The molecule has 6 heteroatoms. The van der Waals surface area contributed by atoms with Gasteiger partial charge in [-0.05, 0) is 56.7 Å². The first-order chi connectivity index (χ1) is 14.1. The van der Waals surface area contributed by atoms with Crippen molar-refractivity contribution in [1.29, 1.82) is 0 Å². The minimum atomic E-state index is -0.0406. The standard InChI is InChI=1S/C23H30N4O2/c1-16-19-10-7-12-26(2)23(19)25-22(24-16)20-11-4-5-13-27(20)21(28)15-17-8-6-9-18(14-17)29-3/h6,8-9,14,20H,4-5,7,10-13,15H2,1-3H3/t20-/m1/s1. The van der Waals surface area contributed by atoms with Gasteiger partial charge in [-0.3, -0.25) is 4.79 Å². The zero-order chi connectivity index (χ0) is 20.4. The van der Waals surface area contributed by atoms with E-state index in [0.29, 0.717) is 6.42 Å². The summed E-state index contributed by atoms with van der Waals surface area (Å²) < 4.78 is 5.30. The van der Waals surface area contributed by atoms with Gasteiger partial charge in [-0.1, -0.05) is 12.1 Å². The van der Waals surface area contributed by atoms with Crippen molar-refractivity contribution in [3.8, 4) is 5.75 Å². The SMILES string of the molecule is COc1cccc(CC(=O)N2CCCC[C@@H]2c2nc(C)c3c(n2)N(C)CCC3)c1. The van der Waals surface area contributed by atoms with Crippen molar-refractivity contribution >= 4 is 11.7 Å². The Kier molecular flexibility index (Phi) is 5.69. The highest BCUT2D eigenvalue weighted by atomic mass is 16.5. The summed E-state index contributed by atoms with van der Waals surface area (Å²) in [7, 11) is 3.75. The van der Waals surface area contributed by atoms with Crippen molar-refractivity contribution < 1.29 is 9.53 Å². The highest BCUT2D eigenvalue weighted by Gasteiger charge is 2.31. The molecule has 4 rings (SSSR count). The number of nitrogens with zero attached hydrogens (tertiary/aromatic N) is 4. The first-order valence-corrected chi connectivity index (χ1v) is 10.6. The van der Waals surface area contributed by atoms with Crippen LogP contribution in [-0.4, -0.2) is 48.0 Å². The Hall–Kier alpha value is -2.63. The molecule has 1 aromatic carbocycles. The molecule has 0 saturated carbocycles. The fourth-order valence-corrected chi connectivity index (χ4v) is 4.52. The molecular formula is C23H30N4O2. The topological polar surface area (TPSA) is 58.6 Å². The van der Waals surface area contributed by atoms with E-state index >= 15 is 0 Å². The predicted molar refractivity (Wildman–Crippen MR) is 113 cm³/mol. The van der Waals surface area contributed by atoms with Crippen LogP contribution in [0.1, 0.15) is 54.4 Å². The lowest BCUT2D eigenvalue weighted by atomic mass is 9.98. The van der Waals surface area contributed by atoms with Gasteiger partial charge in [-0.2, -0.15) is 0 Å². The Balaban J connectivity index is 1.60. The summed E-state index contributed by atoms with van der Waals surface area (Å²) in [6.07, 6.45) is 5.60. The maximum absolute atomic E-state index is 13.2. The molecule has 3 heterocycles. The summed E-state index contributed by atoms with van der Waals surface area (Å²) in [5.74, 6) is 2.76. The van der Waals surface area contributed by atoms with Crippen LogP contribution in [0, 0.1) is 6.92 Å². The normalized spacial score (nSPS) is 19.1. The second-order valence-corrected chi connectivity index (χ2v) is 8.12. The molecule has 0 bridgehead atoms. The number of carbonyl (C=O) groups is 1. The number of aromatic nitrogens is 2. The van der Waals surface area contributed by atoms with Crippen LogP contribution in [0.3, 0.4) is 0 Å². The number of aryl methyl sites for hydroxylation is 1. The van der Waals surface area contributed by atoms with E-state index in [1.54, 1.807) is 7.11 Å². The number of piperidine rings is 1. The third-order valence-corrected chi connectivity index (χ3v) is 6.10. The van der Waals surface area contributed by atoms with Crippen molar-refractivity contribution in [2.24, 2.45) is 0 Å². The molecule has 1 atom stereocenters. The highest BCUT2D eigenvalue weighted by molar-refractivity contribution is 5.79. The molecule has 1 fully saturated rings. The molecule has 0 N–H and O–H groups in total. The molecule has 0 radical (unpaired) electrons. The fraction of sp³-hybridized carbons (Fsp3) is 0.522. The van der Waals surface area contributed by atoms with E-state index in [0.717, 1.165) is 73.8 Å². The fourth-order valence-electron chi connectivity index (χ4n) is 4.52. The average molecular weight is 395 g/mol. The molecule has 2 aromatic rings. The number of amides is 1. The van der Waals surface area contributed by atoms with E-state index in [2.05, 4.69) is 18.9 Å². The second-order valence-electron chi connectivity index (χ2n) is 8.12. The number of hydrogen-bond acceptors (Lipinski definition) is 5. The number of anilines is 1. The number of rotatable bonds is 4. The van der Waals surface area contributed by atoms with Crippen LogP contribution in [0.25, 0.3) is 0 Å². The third-order valence-electron chi connectivity index (χ3n) is 6.10. The Labute approximate surface area is 172 Å². The Bertz CT molecular complexity index is 898. The number of carbonyl (C=O) groups excluding carboxylic acids is 1. The summed E-state index contributed by atoms with van der Waals surface area (Å²) in [5, 5.41) is 0. The summed E-state index contributed by atoms with van der Waals surface area (Å²) in [6.45, 7) is 3.86. The van der Waals surface area contributed by atoms with Crippen LogP contribution in [-0.2, 0) is 17.6 Å². The van der Waals surface area contributed by atoms with Gasteiger partial charge in [0.05, 0.1) is 19.6 Å². The molecule has 0 spiro atoms. The van der Waals surface area contributed by atoms with Crippen LogP contribution in [0.5, 0.6) is 5.75 Å². The van der Waals surface area contributed by atoms with E-state index < -0.39 is 0 Å². The minimum absolute atomic E-state index is 0.0406. The zero-order valence-electron chi connectivity index (χ0n) is 17.6. The summed E-state index contributed by atoms with van der Waals surface area (Å²) in [6, 6.07) is 7.71. The first-order valence-electron chi connectivity index (χ1n) is 10.6. The van der Waals surface area contributed by atoms with E-state index in [1.807, 2.05) is 29.2 Å². The largest absolute Gasteiger partial charge is 0.497 e. The summed E-state index contributed by atoms with van der Waals surface area (Å²) in [5.41, 5.74) is 3.29. The molecular weight excluding hydrogens is 364 g/mol. The Morgan fingerprint density at radius 1 is 1.21 bits per heavy atom. The smallest absolute Gasteiger partial charge is 0.227 e. The number of hydrogen-bond donors (Lipinski definition) is 0. The lowest BCUT2D eigenvalue weighted by Crippen LogP contribution is -2.40. The van der Waals surface area contributed by atoms with Gasteiger partial charge in [-0.25, -0.2) is 9.97 Å². The van der Waals surface area contributed by atoms with Gasteiger partial charge in [0.2, 0.25) is 5.91 Å². The van der Waals surface area contributed by atoms with Crippen molar-refractivity contribution in [3.05, 3.63) is 46.9 Å². The van der Waals surface area contributed by atoms with Crippen molar-refractivity contribution in [2.45, 2.75) is 51.5 Å². The van der Waals surface area contributed by atoms with Crippen molar-refractivity contribution in [1.82, 2.24) is 14.9 Å². The molecule has 0 aliphatic carbocycles. The van der Waals surface area contributed by atoms with E-state index in [4.69, 9.17) is 14.7 Å². The lowest BCUT2D eigenvalue weighted by Gasteiger charge is -2.36. The van der Waals surface area contributed by atoms with Gasteiger partial charge in [0.15, 0.2) is 5.82 Å². The Morgan fingerprint density at radius 3 is 2.90 bits per heavy atom. The molecule has 154 valence electrons. The minimum Gasteiger partial charge on any atom is -0.497 e. The van der Waals surface area contributed by atoms with Crippen LogP contribution < -0.4 is 9.64 Å². The monoisotopic (exact) mass is 394 g/mol. The average Bonchev–Trinajstić information content (AvgIpc) is 2.74. The van der Waals surface area contributed by atoms with E-state index in [1.165, 1.54) is 5.56 Å². The van der Waals surface area contributed by atoms with Gasteiger partial charge in [0.1, 0.15) is 11.6 Å². The summed E-state index contributed by atoms with van der Waals surface area (Å²) >= 11 is 0. The molecule has 29 heavy (non-hydrogen) atoms. The quantitative estimate of drug-likeness (QED) is 0.795. The number of fused-ring (bicyclic) bond motifs is 1. The maximum Gasteiger partial charge on any atom is 0.227 e. The predicted octanol–water partition coefficient (Wildman–Crippen LogP) is 3.47. The molecule has 6 nitrogen and oxygen atoms in total. The van der Waals surface area contributed by atoms with Crippen LogP contribution in [0.2, 0.25) is 0 Å². The van der Waals surface area contributed by atoms with Crippen molar-refractivity contribution in [3.63, 3.8) is 0 Å². The number of benzene rings is 1. The first kappa shape index (κ1) is 19.7. The van der Waals surface area contributed by atoms with Gasteiger partial charge < -0.3 is 14.5 Å². The van der Waals surface area contributed by atoms with Crippen LogP contribution in [0.4, 0.5) is 5.82 Å².